The maximum Gasteiger partial charge on any atom is 0.407 e. The first-order valence-electron chi connectivity index (χ1n) is 7.90. The quantitative estimate of drug-likeness (QED) is 0.840. The molecule has 1 fully saturated rings. The molecule has 6 heteroatoms. The van der Waals surface area contributed by atoms with Crippen molar-refractivity contribution in [3.63, 3.8) is 0 Å². The number of hydrogen-bond donors (Lipinski definition) is 1. The topological polar surface area (TPSA) is 58.6 Å². The monoisotopic (exact) mass is 338 g/mol. The number of benzene rings is 1. The van der Waals surface area contributed by atoms with E-state index in [1.54, 1.807) is 11.9 Å². The predicted octanol–water partition coefficient (Wildman–Crippen LogP) is 2.92. The van der Waals surface area contributed by atoms with Crippen molar-refractivity contribution in [3.05, 3.63) is 35.9 Å². The molecule has 0 bridgehead atoms. The number of alkyl halides is 1. The summed E-state index contributed by atoms with van der Waals surface area (Å²) in [4.78, 5) is 25.5. The number of likely N-dealkylation sites (N-methyl/N-ethyl adjacent to an activating group) is 1. The van der Waals surface area contributed by atoms with Crippen LogP contribution in [0.1, 0.15) is 31.2 Å². The molecule has 1 saturated carbocycles. The second-order valence-corrected chi connectivity index (χ2v) is 6.07. The van der Waals surface area contributed by atoms with E-state index in [-0.39, 0.29) is 30.5 Å². The zero-order valence-electron chi connectivity index (χ0n) is 13.3. The lowest BCUT2D eigenvalue weighted by molar-refractivity contribution is -0.130. The van der Waals surface area contributed by atoms with Crippen molar-refractivity contribution in [2.24, 2.45) is 0 Å². The average Bonchev–Trinajstić information content (AvgIpc) is 2.60. The Morgan fingerprint density at radius 3 is 2.65 bits per heavy atom. The summed E-state index contributed by atoms with van der Waals surface area (Å²) in [5, 5.41) is 2.90. The molecule has 23 heavy (non-hydrogen) atoms. The Kier molecular flexibility index (Phi) is 6.71. The Morgan fingerprint density at radius 1 is 1.26 bits per heavy atom. The Bertz CT molecular complexity index is 524. The molecule has 1 aromatic rings. The number of ether oxygens (including phenoxy) is 1. The van der Waals surface area contributed by atoms with Crippen molar-refractivity contribution in [2.45, 2.75) is 44.4 Å². The van der Waals surface area contributed by atoms with Crippen LogP contribution in [0.5, 0.6) is 0 Å². The van der Waals surface area contributed by atoms with Gasteiger partial charge in [0.2, 0.25) is 5.91 Å². The molecule has 1 N–H and O–H groups in total. The third kappa shape index (κ3) is 5.13. The Labute approximate surface area is 141 Å². The van der Waals surface area contributed by atoms with Crippen LogP contribution in [0.25, 0.3) is 0 Å². The van der Waals surface area contributed by atoms with Crippen molar-refractivity contribution in [1.82, 2.24) is 10.2 Å². The number of carbonyl (C=O) groups excluding carboxylic acids is 2. The molecule has 2 rings (SSSR count). The molecule has 0 radical (unpaired) electrons. The van der Waals surface area contributed by atoms with E-state index in [9.17, 15) is 9.59 Å². The van der Waals surface area contributed by atoms with Crippen molar-refractivity contribution in [2.75, 3.05) is 12.9 Å². The summed E-state index contributed by atoms with van der Waals surface area (Å²) in [6, 6.07) is 9.41. The smallest absolute Gasteiger partial charge is 0.407 e. The summed E-state index contributed by atoms with van der Waals surface area (Å²) in [6.45, 7) is 0.237. The molecule has 2 amide bonds. The van der Waals surface area contributed by atoms with Gasteiger partial charge in [0.15, 0.2) is 0 Å². The van der Waals surface area contributed by atoms with Gasteiger partial charge in [-0.1, -0.05) is 43.2 Å². The summed E-state index contributed by atoms with van der Waals surface area (Å²) in [6.07, 6.45) is 3.33. The van der Waals surface area contributed by atoms with Crippen LogP contribution in [0.15, 0.2) is 30.3 Å². The number of nitrogens with one attached hydrogen (secondary N) is 1. The van der Waals surface area contributed by atoms with E-state index in [1.807, 2.05) is 30.3 Å². The fraction of sp³-hybridized carbons (Fsp3) is 0.529. The third-order valence-electron chi connectivity index (χ3n) is 4.25. The lowest BCUT2D eigenvalue weighted by Gasteiger charge is -2.37. The summed E-state index contributed by atoms with van der Waals surface area (Å²) in [5.41, 5.74) is 0.942. The van der Waals surface area contributed by atoms with Crippen LogP contribution in [0, 0.1) is 0 Å². The number of nitrogens with zero attached hydrogens (tertiary/aromatic N) is 1. The molecule has 1 aromatic carbocycles. The molecule has 2 atom stereocenters. The zero-order chi connectivity index (χ0) is 16.7. The Morgan fingerprint density at radius 2 is 1.96 bits per heavy atom. The third-order valence-corrected chi connectivity index (χ3v) is 4.48. The van der Waals surface area contributed by atoms with E-state index in [0.717, 1.165) is 31.2 Å². The SMILES string of the molecule is CN(C(=O)CCl)[C@H]1CCCC[C@H]1NC(=O)OCc1ccccc1. The van der Waals surface area contributed by atoms with Crippen LogP contribution >= 0.6 is 11.6 Å². The highest BCUT2D eigenvalue weighted by atomic mass is 35.5. The first-order valence-corrected chi connectivity index (χ1v) is 8.44. The minimum Gasteiger partial charge on any atom is -0.445 e. The van der Waals surface area contributed by atoms with Gasteiger partial charge in [-0.3, -0.25) is 4.79 Å². The van der Waals surface area contributed by atoms with Gasteiger partial charge in [0.25, 0.3) is 0 Å². The summed E-state index contributed by atoms with van der Waals surface area (Å²) >= 11 is 5.63. The second kappa shape index (κ2) is 8.77. The van der Waals surface area contributed by atoms with Crippen LogP contribution in [0.3, 0.4) is 0 Å². The van der Waals surface area contributed by atoms with Crippen LogP contribution in [0.4, 0.5) is 4.79 Å². The van der Waals surface area contributed by atoms with Gasteiger partial charge in [-0.25, -0.2) is 4.79 Å². The van der Waals surface area contributed by atoms with Crippen molar-refractivity contribution < 1.29 is 14.3 Å². The molecule has 0 heterocycles. The first kappa shape index (κ1) is 17.6. The lowest BCUT2D eigenvalue weighted by atomic mass is 9.89. The fourth-order valence-corrected chi connectivity index (χ4v) is 3.13. The number of alkyl carbamates (subject to hydrolysis) is 1. The fourth-order valence-electron chi connectivity index (χ4n) is 2.94. The Hall–Kier alpha value is -1.75. The molecule has 1 aliphatic rings. The van der Waals surface area contributed by atoms with E-state index < -0.39 is 6.09 Å². The van der Waals surface area contributed by atoms with Gasteiger partial charge in [-0.2, -0.15) is 0 Å². The first-order chi connectivity index (χ1) is 11.1. The molecule has 0 aliphatic heterocycles. The normalized spacial score (nSPS) is 20.6. The largest absolute Gasteiger partial charge is 0.445 e. The zero-order valence-corrected chi connectivity index (χ0v) is 14.1. The summed E-state index contributed by atoms with van der Waals surface area (Å²) in [5.74, 6) is -0.166. The predicted molar refractivity (Wildman–Crippen MR) is 89.3 cm³/mol. The van der Waals surface area contributed by atoms with Gasteiger partial charge >= 0.3 is 6.09 Å². The van der Waals surface area contributed by atoms with Crippen LogP contribution in [-0.4, -0.2) is 41.9 Å². The van der Waals surface area contributed by atoms with Crippen molar-refractivity contribution in [3.8, 4) is 0 Å². The minimum absolute atomic E-state index is 0.0284. The maximum absolute atomic E-state index is 12.0. The van der Waals surface area contributed by atoms with E-state index in [1.165, 1.54) is 0 Å². The minimum atomic E-state index is -0.447. The van der Waals surface area contributed by atoms with Gasteiger partial charge in [0.05, 0.1) is 12.1 Å². The van der Waals surface area contributed by atoms with E-state index in [2.05, 4.69) is 5.32 Å². The second-order valence-electron chi connectivity index (χ2n) is 5.80. The average molecular weight is 339 g/mol. The van der Waals surface area contributed by atoms with Crippen LogP contribution < -0.4 is 5.32 Å². The van der Waals surface area contributed by atoms with Gasteiger partial charge in [0, 0.05) is 7.05 Å². The highest BCUT2D eigenvalue weighted by Gasteiger charge is 2.31. The molecule has 0 spiro atoms. The van der Waals surface area contributed by atoms with E-state index >= 15 is 0 Å². The molecule has 0 saturated heterocycles. The molecule has 126 valence electrons. The van der Waals surface area contributed by atoms with Gasteiger partial charge in [-0.05, 0) is 18.4 Å². The number of rotatable bonds is 5. The molecule has 0 aromatic heterocycles. The van der Waals surface area contributed by atoms with Crippen molar-refractivity contribution >= 4 is 23.6 Å². The van der Waals surface area contributed by atoms with Crippen LogP contribution in [-0.2, 0) is 16.1 Å². The number of halogens is 1. The van der Waals surface area contributed by atoms with Crippen LogP contribution in [0.2, 0.25) is 0 Å². The van der Waals surface area contributed by atoms with E-state index in [4.69, 9.17) is 16.3 Å². The van der Waals surface area contributed by atoms with Gasteiger partial charge < -0.3 is 15.0 Å². The molecule has 5 nitrogen and oxygen atoms in total. The molecular weight excluding hydrogens is 316 g/mol. The highest BCUT2D eigenvalue weighted by molar-refractivity contribution is 6.27. The highest BCUT2D eigenvalue weighted by Crippen LogP contribution is 2.23. The lowest BCUT2D eigenvalue weighted by Crippen LogP contribution is -2.54. The standard InChI is InChI=1S/C17H23ClN2O3/c1-20(16(21)11-18)15-10-6-5-9-14(15)19-17(22)23-12-13-7-3-2-4-8-13/h2-4,7-8,14-15H,5-6,9-12H2,1H3,(H,19,22)/t14-,15+/m1/s1. The molecule has 1 aliphatic carbocycles. The maximum atomic E-state index is 12.0. The molecule has 0 unspecified atom stereocenters. The molecular formula is C17H23ClN2O3. The van der Waals surface area contributed by atoms with Gasteiger partial charge in [0.1, 0.15) is 12.5 Å². The van der Waals surface area contributed by atoms with Crippen molar-refractivity contribution in [1.29, 1.82) is 0 Å². The van der Waals surface area contributed by atoms with E-state index in [0.29, 0.717) is 0 Å². The van der Waals surface area contributed by atoms with Gasteiger partial charge in [-0.15, -0.1) is 11.6 Å². The number of amides is 2. The Balaban J connectivity index is 1.88. The number of hydrogen-bond acceptors (Lipinski definition) is 3. The summed E-state index contributed by atoms with van der Waals surface area (Å²) in [7, 11) is 1.74. The summed E-state index contributed by atoms with van der Waals surface area (Å²) < 4.78 is 5.27. The number of carbonyl (C=O) groups is 2.